The summed E-state index contributed by atoms with van der Waals surface area (Å²) in [5, 5.41) is 15.1. The van der Waals surface area contributed by atoms with Crippen LogP contribution in [0.2, 0.25) is 0 Å². The number of hydrogen-bond acceptors (Lipinski definition) is 5. The van der Waals surface area contributed by atoms with Crippen LogP contribution in [0, 0.1) is 5.82 Å². The third kappa shape index (κ3) is 3.14. The van der Waals surface area contributed by atoms with E-state index in [4.69, 9.17) is 4.74 Å². The number of nitrogens with zero attached hydrogens (tertiary/aromatic N) is 1. The Kier molecular flexibility index (Phi) is 5.54. The number of carbonyl (C=O) groups is 1. The van der Waals surface area contributed by atoms with E-state index in [9.17, 15) is 19.1 Å². The molecule has 1 aromatic carbocycles. The summed E-state index contributed by atoms with van der Waals surface area (Å²) in [5.74, 6) is -1.73. The van der Waals surface area contributed by atoms with Gasteiger partial charge in [-0.2, -0.15) is 0 Å². The van der Waals surface area contributed by atoms with E-state index in [1.54, 1.807) is 11.6 Å². The van der Waals surface area contributed by atoms with E-state index in [1.807, 2.05) is 6.92 Å². The third-order valence-corrected chi connectivity index (χ3v) is 4.07. The Morgan fingerprint density at radius 2 is 2.20 bits per heavy atom. The average molecular weight is 372 g/mol. The Labute approximate surface area is 149 Å². The number of aromatic carboxylic acids is 1. The number of rotatable bonds is 5. The molecule has 0 unspecified atom stereocenters. The van der Waals surface area contributed by atoms with Crippen LogP contribution in [-0.4, -0.2) is 42.4 Å². The summed E-state index contributed by atoms with van der Waals surface area (Å²) >= 11 is 0. The molecule has 7 nitrogen and oxygen atoms in total. The number of likely N-dealkylation sites (N-methyl/N-ethyl adjacent to an activating group) is 1. The van der Waals surface area contributed by atoms with Crippen molar-refractivity contribution < 1.29 is 19.0 Å². The van der Waals surface area contributed by atoms with E-state index >= 15 is 0 Å². The molecule has 3 N–H and O–H groups in total. The van der Waals surface area contributed by atoms with E-state index in [0.29, 0.717) is 18.6 Å². The number of ether oxygens (including phenoxy) is 1. The van der Waals surface area contributed by atoms with Gasteiger partial charge in [-0.15, -0.1) is 12.4 Å². The number of benzene rings is 1. The Morgan fingerprint density at radius 3 is 2.84 bits per heavy atom. The summed E-state index contributed by atoms with van der Waals surface area (Å²) in [7, 11) is 1.78. The molecule has 0 amide bonds. The molecule has 1 aliphatic rings. The van der Waals surface area contributed by atoms with Crippen LogP contribution in [0.25, 0.3) is 10.9 Å². The predicted octanol–water partition coefficient (Wildman–Crippen LogP) is 1.85. The van der Waals surface area contributed by atoms with Crippen LogP contribution in [-0.2, 0) is 0 Å². The molecule has 0 fully saturated rings. The molecule has 2 heterocycles. The lowest BCUT2D eigenvalue weighted by Gasteiger charge is -2.28. The fourth-order valence-corrected chi connectivity index (χ4v) is 2.86. The van der Waals surface area contributed by atoms with Crippen molar-refractivity contribution in [2.45, 2.75) is 13.0 Å². The zero-order valence-corrected chi connectivity index (χ0v) is 14.6. The van der Waals surface area contributed by atoms with Crippen LogP contribution in [0.3, 0.4) is 0 Å². The van der Waals surface area contributed by atoms with Gasteiger partial charge in [0.15, 0.2) is 11.6 Å². The highest BCUT2D eigenvalue weighted by molar-refractivity contribution is 5.97. The van der Waals surface area contributed by atoms with Crippen molar-refractivity contribution in [3.05, 3.63) is 33.9 Å². The number of aromatic nitrogens is 1. The average Bonchev–Trinajstić information content (AvgIpc) is 2.54. The largest absolute Gasteiger partial charge is 0.487 e. The van der Waals surface area contributed by atoms with Crippen LogP contribution < -0.4 is 20.8 Å². The maximum absolute atomic E-state index is 14.5. The van der Waals surface area contributed by atoms with Crippen LogP contribution in [0.5, 0.6) is 5.75 Å². The molecule has 2 aromatic rings. The highest BCUT2D eigenvalue weighted by atomic mass is 35.5. The van der Waals surface area contributed by atoms with Gasteiger partial charge in [-0.25, -0.2) is 9.18 Å². The maximum atomic E-state index is 14.5. The molecule has 0 spiro atoms. The predicted molar refractivity (Wildman–Crippen MR) is 95.0 cm³/mol. The number of carboxylic acids is 1. The smallest absolute Gasteiger partial charge is 0.341 e. The molecule has 0 radical (unpaired) electrons. The van der Waals surface area contributed by atoms with E-state index in [1.165, 1.54) is 6.20 Å². The van der Waals surface area contributed by atoms with Gasteiger partial charge in [0.1, 0.15) is 17.9 Å². The molecule has 0 aliphatic carbocycles. The molecule has 0 saturated heterocycles. The van der Waals surface area contributed by atoms with Crippen LogP contribution in [0.15, 0.2) is 17.1 Å². The molecule has 3 rings (SSSR count). The summed E-state index contributed by atoms with van der Waals surface area (Å²) in [6.07, 6.45) is 1.30. The Morgan fingerprint density at radius 1 is 1.48 bits per heavy atom. The van der Waals surface area contributed by atoms with Gasteiger partial charge in [-0.05, 0) is 20.0 Å². The van der Waals surface area contributed by atoms with Crippen molar-refractivity contribution in [2.24, 2.45) is 0 Å². The van der Waals surface area contributed by atoms with Crippen molar-refractivity contribution in [3.63, 3.8) is 0 Å². The summed E-state index contributed by atoms with van der Waals surface area (Å²) in [5.41, 5.74) is -0.496. The summed E-state index contributed by atoms with van der Waals surface area (Å²) in [4.78, 5) is 23.7. The van der Waals surface area contributed by atoms with Gasteiger partial charge in [0.25, 0.3) is 0 Å². The van der Waals surface area contributed by atoms with Gasteiger partial charge in [0, 0.05) is 19.3 Å². The highest BCUT2D eigenvalue weighted by Gasteiger charge is 2.27. The van der Waals surface area contributed by atoms with Gasteiger partial charge in [-0.1, -0.05) is 0 Å². The zero-order chi connectivity index (χ0) is 17.4. The van der Waals surface area contributed by atoms with Gasteiger partial charge in [-0.3, -0.25) is 4.79 Å². The van der Waals surface area contributed by atoms with Crippen LogP contribution >= 0.6 is 12.4 Å². The lowest BCUT2D eigenvalue weighted by atomic mass is 10.1. The monoisotopic (exact) mass is 371 g/mol. The molecule has 9 heteroatoms. The van der Waals surface area contributed by atoms with Gasteiger partial charge in [0.2, 0.25) is 5.43 Å². The second kappa shape index (κ2) is 7.28. The Bertz CT molecular complexity index is 884. The number of hydrogen-bond donors (Lipinski definition) is 3. The van der Waals surface area contributed by atoms with E-state index < -0.39 is 17.2 Å². The number of carboxylic acid groups (broad SMARTS) is 1. The molecular formula is C16H19ClFN3O4. The fraction of sp³-hybridized carbons (Fsp3) is 0.375. The molecular weight excluding hydrogens is 353 g/mol. The van der Waals surface area contributed by atoms with Crippen molar-refractivity contribution in [3.8, 4) is 5.75 Å². The minimum absolute atomic E-state index is 0. The number of anilines is 1. The van der Waals surface area contributed by atoms with Gasteiger partial charge in [0.05, 0.1) is 16.9 Å². The van der Waals surface area contributed by atoms with Crippen molar-refractivity contribution in [1.82, 2.24) is 9.88 Å². The minimum Gasteiger partial charge on any atom is -0.487 e. The highest BCUT2D eigenvalue weighted by Crippen LogP contribution is 2.39. The number of halogens is 2. The second-order valence-electron chi connectivity index (χ2n) is 5.73. The lowest BCUT2D eigenvalue weighted by Crippen LogP contribution is -2.27. The maximum Gasteiger partial charge on any atom is 0.341 e. The number of nitrogens with one attached hydrogen (secondary N) is 2. The molecule has 1 aromatic heterocycles. The van der Waals surface area contributed by atoms with Crippen molar-refractivity contribution >= 4 is 35.0 Å². The Hall–Kier alpha value is -2.32. The van der Waals surface area contributed by atoms with Crippen molar-refractivity contribution in [2.75, 3.05) is 32.1 Å². The molecule has 25 heavy (non-hydrogen) atoms. The zero-order valence-electron chi connectivity index (χ0n) is 13.8. The van der Waals surface area contributed by atoms with E-state index in [2.05, 4.69) is 10.6 Å². The second-order valence-corrected chi connectivity index (χ2v) is 5.73. The van der Waals surface area contributed by atoms with E-state index in [0.717, 1.165) is 6.07 Å². The van der Waals surface area contributed by atoms with Crippen molar-refractivity contribution in [1.29, 1.82) is 0 Å². The first-order valence-electron chi connectivity index (χ1n) is 7.61. The standard InChI is InChI=1S/C16H18FN3O4.ClH/c1-8-7-24-15-12(19-4-3-18-2)11(17)5-9-13(15)20(8)6-10(14(9)21)16(22)23;/h5-6,8,18-19H,3-4,7H2,1-2H3,(H,22,23);1H/t8-;/m1./s1. The third-order valence-electron chi connectivity index (χ3n) is 4.07. The summed E-state index contributed by atoms with van der Waals surface area (Å²) < 4.78 is 21.8. The number of pyridine rings is 1. The summed E-state index contributed by atoms with van der Waals surface area (Å²) in [6.45, 7) is 3.20. The SMILES string of the molecule is CNCCNc1c(F)cc2c(=O)c(C(=O)O)cn3c2c1OC[C@H]3C.Cl. The first-order chi connectivity index (χ1) is 11.5. The lowest BCUT2D eigenvalue weighted by molar-refractivity contribution is 0.0694. The summed E-state index contributed by atoms with van der Waals surface area (Å²) in [6, 6.07) is 0.905. The van der Waals surface area contributed by atoms with Gasteiger partial charge < -0.3 is 25.0 Å². The molecule has 1 atom stereocenters. The Balaban J connectivity index is 0.00000225. The fourth-order valence-electron chi connectivity index (χ4n) is 2.86. The van der Waals surface area contributed by atoms with Crippen LogP contribution in [0.1, 0.15) is 23.3 Å². The first-order valence-corrected chi connectivity index (χ1v) is 7.61. The van der Waals surface area contributed by atoms with Crippen LogP contribution in [0.4, 0.5) is 10.1 Å². The quantitative estimate of drug-likeness (QED) is 0.695. The molecule has 1 aliphatic heterocycles. The normalized spacial score (nSPS) is 15.4. The minimum atomic E-state index is -1.33. The van der Waals surface area contributed by atoms with E-state index in [-0.39, 0.29) is 47.4 Å². The van der Waals surface area contributed by atoms with Gasteiger partial charge >= 0.3 is 5.97 Å². The molecule has 136 valence electrons. The first kappa shape index (κ1) is 19.0. The topological polar surface area (TPSA) is 92.6 Å². The molecule has 0 bridgehead atoms. The molecule has 0 saturated carbocycles.